The minimum atomic E-state index is 0.384. The molecular formula is C15H23N3S. The van der Waals surface area contributed by atoms with Crippen molar-refractivity contribution in [1.82, 2.24) is 15.1 Å². The number of hydrogen-bond acceptors (Lipinski definition) is 3. The summed E-state index contributed by atoms with van der Waals surface area (Å²) < 4.78 is 2.09. The van der Waals surface area contributed by atoms with Crippen LogP contribution < -0.4 is 5.32 Å². The maximum Gasteiger partial charge on any atom is 0.0522 e. The first kappa shape index (κ1) is 14.3. The van der Waals surface area contributed by atoms with Gasteiger partial charge in [0.25, 0.3) is 0 Å². The number of rotatable bonds is 6. The van der Waals surface area contributed by atoms with Crippen molar-refractivity contribution < 1.29 is 0 Å². The lowest BCUT2D eigenvalue weighted by Gasteiger charge is -2.14. The lowest BCUT2D eigenvalue weighted by atomic mass is 10.1. The van der Waals surface area contributed by atoms with Gasteiger partial charge >= 0.3 is 0 Å². The highest BCUT2D eigenvalue weighted by atomic mass is 32.1. The van der Waals surface area contributed by atoms with Gasteiger partial charge < -0.3 is 5.32 Å². The molecule has 0 radical (unpaired) electrons. The summed E-state index contributed by atoms with van der Waals surface area (Å²) in [5.41, 5.74) is 2.68. The Morgan fingerprint density at radius 3 is 2.84 bits per heavy atom. The quantitative estimate of drug-likeness (QED) is 0.870. The summed E-state index contributed by atoms with van der Waals surface area (Å²) >= 11 is 1.87. The zero-order chi connectivity index (χ0) is 13.8. The fourth-order valence-corrected chi connectivity index (χ4v) is 3.39. The van der Waals surface area contributed by atoms with Crippen LogP contribution in [0.2, 0.25) is 0 Å². The number of aryl methyl sites for hydroxylation is 3. The summed E-state index contributed by atoms with van der Waals surface area (Å²) in [7, 11) is 0. The largest absolute Gasteiger partial charge is 0.305 e. The van der Waals surface area contributed by atoms with Gasteiger partial charge in [-0.05, 0) is 44.9 Å². The minimum absolute atomic E-state index is 0.384. The second-order valence-corrected chi connectivity index (χ2v) is 6.48. The van der Waals surface area contributed by atoms with Crippen molar-refractivity contribution in [2.45, 2.75) is 53.2 Å². The molecule has 1 atom stereocenters. The van der Waals surface area contributed by atoms with Gasteiger partial charge in [0, 0.05) is 35.1 Å². The summed E-state index contributed by atoms with van der Waals surface area (Å²) in [5, 5.41) is 7.96. The third kappa shape index (κ3) is 3.45. The molecule has 1 N–H and O–H groups in total. The molecule has 2 heterocycles. The van der Waals surface area contributed by atoms with E-state index in [1.807, 2.05) is 17.5 Å². The van der Waals surface area contributed by atoms with Gasteiger partial charge in [-0.2, -0.15) is 5.10 Å². The molecule has 0 aliphatic heterocycles. The van der Waals surface area contributed by atoms with Crippen LogP contribution >= 0.6 is 11.3 Å². The van der Waals surface area contributed by atoms with Crippen LogP contribution in [0.25, 0.3) is 0 Å². The number of aromatic nitrogens is 2. The Bertz CT molecular complexity index is 527. The molecule has 2 aromatic rings. The molecule has 3 nitrogen and oxygen atoms in total. The van der Waals surface area contributed by atoms with E-state index in [0.29, 0.717) is 6.04 Å². The second-order valence-electron chi connectivity index (χ2n) is 5.02. The first-order valence-electron chi connectivity index (χ1n) is 6.92. The third-order valence-electron chi connectivity index (χ3n) is 3.38. The van der Waals surface area contributed by atoms with E-state index in [9.17, 15) is 0 Å². The van der Waals surface area contributed by atoms with Crippen molar-refractivity contribution in [1.29, 1.82) is 0 Å². The zero-order valence-electron chi connectivity index (χ0n) is 12.2. The van der Waals surface area contributed by atoms with Crippen LogP contribution in [-0.4, -0.2) is 9.78 Å². The van der Waals surface area contributed by atoms with Gasteiger partial charge in [0.1, 0.15) is 0 Å². The summed E-state index contributed by atoms with van der Waals surface area (Å²) in [4.78, 5) is 2.80. The molecule has 0 spiro atoms. The van der Waals surface area contributed by atoms with Crippen molar-refractivity contribution in [3.63, 3.8) is 0 Å². The number of thiophene rings is 1. The van der Waals surface area contributed by atoms with E-state index in [4.69, 9.17) is 0 Å². The molecule has 104 valence electrons. The fraction of sp³-hybridized carbons (Fsp3) is 0.533. The molecule has 1 unspecified atom stereocenters. The average molecular weight is 277 g/mol. The van der Waals surface area contributed by atoms with Gasteiger partial charge in [0.2, 0.25) is 0 Å². The van der Waals surface area contributed by atoms with Crippen molar-refractivity contribution in [3.8, 4) is 0 Å². The molecule has 2 aromatic heterocycles. The highest BCUT2D eigenvalue weighted by Gasteiger charge is 2.11. The van der Waals surface area contributed by atoms with Crippen LogP contribution in [0, 0.1) is 13.8 Å². The van der Waals surface area contributed by atoms with Crippen molar-refractivity contribution >= 4 is 11.3 Å². The van der Waals surface area contributed by atoms with Crippen LogP contribution in [-0.2, 0) is 13.1 Å². The fourth-order valence-electron chi connectivity index (χ4n) is 2.37. The smallest absolute Gasteiger partial charge is 0.0522 e. The first-order valence-corrected chi connectivity index (χ1v) is 7.74. The Hall–Kier alpha value is -1.13. The molecule has 19 heavy (non-hydrogen) atoms. The highest BCUT2D eigenvalue weighted by molar-refractivity contribution is 7.12. The minimum Gasteiger partial charge on any atom is -0.305 e. The van der Waals surface area contributed by atoms with Crippen molar-refractivity contribution in [2.24, 2.45) is 0 Å². The van der Waals surface area contributed by atoms with Crippen LogP contribution in [0.1, 0.15) is 47.3 Å². The average Bonchev–Trinajstić information content (AvgIpc) is 2.93. The van der Waals surface area contributed by atoms with E-state index in [0.717, 1.165) is 19.5 Å². The second kappa shape index (κ2) is 6.35. The summed E-state index contributed by atoms with van der Waals surface area (Å²) in [5.74, 6) is 0. The van der Waals surface area contributed by atoms with Crippen LogP contribution in [0.5, 0.6) is 0 Å². The Morgan fingerprint density at radius 1 is 1.42 bits per heavy atom. The number of hydrogen-bond donors (Lipinski definition) is 1. The van der Waals surface area contributed by atoms with Gasteiger partial charge in [-0.25, -0.2) is 0 Å². The molecule has 0 fully saturated rings. The monoisotopic (exact) mass is 277 g/mol. The van der Waals surface area contributed by atoms with E-state index >= 15 is 0 Å². The standard InChI is InChI=1S/C15H23N3S/c1-5-8-18-14(6-7-17-18)10-16-12(3)15-9-11(2)19-13(15)4/h6-7,9,12,16H,5,8,10H2,1-4H3. The van der Waals surface area contributed by atoms with Crippen LogP contribution in [0.15, 0.2) is 18.3 Å². The van der Waals surface area contributed by atoms with E-state index in [2.05, 4.69) is 54.9 Å². The maximum absolute atomic E-state index is 4.36. The van der Waals surface area contributed by atoms with Gasteiger partial charge in [-0.15, -0.1) is 11.3 Å². The summed E-state index contributed by atoms with van der Waals surface area (Å²) in [6.07, 6.45) is 3.00. The molecule has 4 heteroatoms. The topological polar surface area (TPSA) is 29.9 Å². The Balaban J connectivity index is 1.98. The predicted molar refractivity (Wildman–Crippen MR) is 81.6 cm³/mol. The Labute approximate surface area is 119 Å². The van der Waals surface area contributed by atoms with Gasteiger partial charge in [0.05, 0.1) is 5.69 Å². The summed E-state index contributed by atoms with van der Waals surface area (Å²) in [6, 6.07) is 4.78. The normalized spacial score (nSPS) is 12.8. The zero-order valence-corrected chi connectivity index (χ0v) is 13.0. The number of nitrogens with one attached hydrogen (secondary N) is 1. The van der Waals surface area contributed by atoms with Gasteiger partial charge in [-0.3, -0.25) is 4.68 Å². The van der Waals surface area contributed by atoms with Gasteiger partial charge in [0.15, 0.2) is 0 Å². The highest BCUT2D eigenvalue weighted by Crippen LogP contribution is 2.26. The van der Waals surface area contributed by atoms with E-state index in [1.54, 1.807) is 0 Å². The lowest BCUT2D eigenvalue weighted by molar-refractivity contribution is 0.516. The SMILES string of the molecule is CCCn1nccc1CNC(C)c1cc(C)sc1C. The Kier molecular flexibility index (Phi) is 4.77. The molecule has 2 rings (SSSR count). The number of nitrogens with zero attached hydrogens (tertiary/aromatic N) is 2. The van der Waals surface area contributed by atoms with E-state index in [-0.39, 0.29) is 0 Å². The molecule has 0 aromatic carbocycles. The third-order valence-corrected chi connectivity index (χ3v) is 4.36. The van der Waals surface area contributed by atoms with Crippen LogP contribution in [0.4, 0.5) is 0 Å². The summed E-state index contributed by atoms with van der Waals surface area (Å²) in [6.45, 7) is 10.6. The molecule has 0 aliphatic rings. The lowest BCUT2D eigenvalue weighted by Crippen LogP contribution is -2.20. The molecule has 0 amide bonds. The predicted octanol–water partition coefficient (Wildman–Crippen LogP) is 3.82. The van der Waals surface area contributed by atoms with Crippen molar-refractivity contribution in [3.05, 3.63) is 39.3 Å². The Morgan fingerprint density at radius 2 is 2.21 bits per heavy atom. The van der Waals surface area contributed by atoms with E-state index < -0.39 is 0 Å². The molecule has 0 bridgehead atoms. The van der Waals surface area contributed by atoms with Gasteiger partial charge in [-0.1, -0.05) is 6.92 Å². The maximum atomic E-state index is 4.36. The van der Waals surface area contributed by atoms with Crippen LogP contribution in [0.3, 0.4) is 0 Å². The molecular weight excluding hydrogens is 254 g/mol. The van der Waals surface area contributed by atoms with Crippen molar-refractivity contribution in [2.75, 3.05) is 0 Å². The molecule has 0 saturated heterocycles. The first-order chi connectivity index (χ1) is 9.11. The molecule has 0 saturated carbocycles. The molecule has 0 aliphatic carbocycles. The van der Waals surface area contributed by atoms with E-state index in [1.165, 1.54) is 21.0 Å².